The number of nitrogens with zero attached hydrogens (tertiary/aromatic N) is 5. The second-order valence-corrected chi connectivity index (χ2v) is 7.49. The Hall–Kier alpha value is -3.74. The van der Waals surface area contributed by atoms with Gasteiger partial charge in [0.25, 0.3) is 5.91 Å². The molecule has 2 aromatic carbocycles. The van der Waals surface area contributed by atoms with Gasteiger partial charge in [-0.25, -0.2) is 4.98 Å². The lowest BCUT2D eigenvalue weighted by molar-refractivity contribution is 0.102. The highest BCUT2D eigenvalue weighted by molar-refractivity contribution is 6.03. The molecule has 4 rings (SSSR count). The molecule has 2 heterocycles. The van der Waals surface area contributed by atoms with Gasteiger partial charge in [0.15, 0.2) is 0 Å². The van der Waals surface area contributed by atoms with E-state index < -0.39 is 0 Å². The number of imidazole rings is 1. The Labute approximate surface area is 175 Å². The van der Waals surface area contributed by atoms with Crippen molar-refractivity contribution in [1.29, 1.82) is 0 Å². The summed E-state index contributed by atoms with van der Waals surface area (Å²) in [4.78, 5) is 18.8. The predicted molar refractivity (Wildman–Crippen MR) is 116 cm³/mol. The Morgan fingerprint density at radius 1 is 1.00 bits per heavy atom. The van der Waals surface area contributed by atoms with E-state index in [9.17, 15) is 4.79 Å². The largest absolute Gasteiger partial charge is 0.313 e. The lowest BCUT2D eigenvalue weighted by Crippen LogP contribution is -2.16. The molecule has 0 bridgehead atoms. The SMILES string of the molecule is Cc1cc(C)c(-c2cnc(NC(=O)c3cccc(Cn4nccn4)c3)n2C)cc1C. The molecule has 0 aliphatic carbocycles. The number of anilines is 1. The number of benzene rings is 2. The van der Waals surface area contributed by atoms with Crippen LogP contribution in [0.3, 0.4) is 0 Å². The maximum atomic E-state index is 12.8. The van der Waals surface area contributed by atoms with Gasteiger partial charge < -0.3 is 4.57 Å². The molecular weight excluding hydrogens is 376 g/mol. The van der Waals surface area contributed by atoms with Crippen molar-refractivity contribution in [2.45, 2.75) is 27.3 Å². The number of hydrogen-bond acceptors (Lipinski definition) is 4. The van der Waals surface area contributed by atoms with Crippen molar-refractivity contribution in [2.75, 3.05) is 5.32 Å². The maximum Gasteiger partial charge on any atom is 0.257 e. The smallest absolute Gasteiger partial charge is 0.257 e. The average molecular weight is 400 g/mol. The van der Waals surface area contributed by atoms with Gasteiger partial charge in [-0.3, -0.25) is 10.1 Å². The molecule has 30 heavy (non-hydrogen) atoms. The zero-order valence-electron chi connectivity index (χ0n) is 17.5. The van der Waals surface area contributed by atoms with E-state index in [0.29, 0.717) is 18.1 Å². The molecule has 0 unspecified atom stereocenters. The standard InChI is InChI=1S/C23H24N6O/c1-15-10-17(3)20(11-16(15)2)21-13-24-23(28(21)4)27-22(30)19-7-5-6-18(12-19)14-29-25-8-9-26-29/h5-13H,14H2,1-4H3,(H,24,27,30). The molecule has 4 aromatic rings. The third-order valence-electron chi connectivity index (χ3n) is 5.31. The summed E-state index contributed by atoms with van der Waals surface area (Å²) in [6, 6.07) is 11.8. The summed E-state index contributed by atoms with van der Waals surface area (Å²) in [5, 5.41) is 11.1. The second kappa shape index (κ2) is 7.94. The Bertz CT molecular complexity index is 1210. The first-order valence-corrected chi connectivity index (χ1v) is 9.76. The zero-order chi connectivity index (χ0) is 21.3. The van der Waals surface area contributed by atoms with Crippen molar-refractivity contribution in [1.82, 2.24) is 24.5 Å². The van der Waals surface area contributed by atoms with Crippen LogP contribution >= 0.6 is 0 Å². The van der Waals surface area contributed by atoms with Gasteiger partial charge in [-0.15, -0.1) is 0 Å². The highest BCUT2D eigenvalue weighted by Crippen LogP contribution is 2.28. The Morgan fingerprint density at radius 2 is 1.73 bits per heavy atom. The minimum Gasteiger partial charge on any atom is -0.313 e. The number of aryl methyl sites for hydroxylation is 3. The van der Waals surface area contributed by atoms with Gasteiger partial charge in [0, 0.05) is 18.2 Å². The molecule has 0 aliphatic rings. The molecular formula is C23H24N6O. The van der Waals surface area contributed by atoms with Crippen LogP contribution in [-0.4, -0.2) is 30.5 Å². The van der Waals surface area contributed by atoms with Gasteiger partial charge in [-0.1, -0.05) is 18.2 Å². The van der Waals surface area contributed by atoms with E-state index >= 15 is 0 Å². The van der Waals surface area contributed by atoms with Crippen molar-refractivity contribution >= 4 is 11.9 Å². The van der Waals surface area contributed by atoms with Crippen LogP contribution in [0.25, 0.3) is 11.3 Å². The van der Waals surface area contributed by atoms with Crippen LogP contribution in [0.5, 0.6) is 0 Å². The highest BCUT2D eigenvalue weighted by Gasteiger charge is 2.15. The summed E-state index contributed by atoms with van der Waals surface area (Å²) in [7, 11) is 1.91. The van der Waals surface area contributed by atoms with Gasteiger partial charge in [0.2, 0.25) is 5.95 Å². The second-order valence-electron chi connectivity index (χ2n) is 7.49. The first-order chi connectivity index (χ1) is 14.4. The fourth-order valence-corrected chi connectivity index (χ4v) is 3.49. The number of carbonyl (C=O) groups excluding carboxylic acids is 1. The summed E-state index contributed by atoms with van der Waals surface area (Å²) >= 11 is 0. The molecule has 0 spiro atoms. The van der Waals surface area contributed by atoms with Gasteiger partial charge in [0.1, 0.15) is 0 Å². The molecule has 0 saturated heterocycles. The van der Waals surface area contributed by atoms with Crippen molar-refractivity contribution in [3.8, 4) is 11.3 Å². The minimum absolute atomic E-state index is 0.206. The van der Waals surface area contributed by atoms with Gasteiger partial charge in [-0.2, -0.15) is 15.0 Å². The monoisotopic (exact) mass is 400 g/mol. The topological polar surface area (TPSA) is 77.6 Å². The first-order valence-electron chi connectivity index (χ1n) is 9.76. The van der Waals surface area contributed by atoms with Gasteiger partial charge in [-0.05, 0) is 61.2 Å². The average Bonchev–Trinajstić information content (AvgIpc) is 3.35. The van der Waals surface area contributed by atoms with E-state index in [4.69, 9.17) is 0 Å². The van der Waals surface area contributed by atoms with E-state index in [1.165, 1.54) is 16.7 Å². The van der Waals surface area contributed by atoms with Crippen molar-refractivity contribution in [3.63, 3.8) is 0 Å². The molecule has 1 amide bonds. The third-order valence-corrected chi connectivity index (χ3v) is 5.31. The number of aromatic nitrogens is 5. The number of carbonyl (C=O) groups is 1. The van der Waals surface area contributed by atoms with Crippen LogP contribution in [0.4, 0.5) is 5.95 Å². The van der Waals surface area contributed by atoms with Crippen molar-refractivity contribution < 1.29 is 4.79 Å². The maximum absolute atomic E-state index is 12.8. The summed E-state index contributed by atoms with van der Waals surface area (Å²) in [5.41, 5.74) is 7.25. The molecule has 2 aromatic heterocycles. The number of nitrogens with one attached hydrogen (secondary N) is 1. The van der Waals surface area contributed by atoms with Crippen LogP contribution in [-0.2, 0) is 13.6 Å². The van der Waals surface area contributed by atoms with E-state index in [-0.39, 0.29) is 5.91 Å². The predicted octanol–water partition coefficient (Wildman–Crippen LogP) is 3.90. The molecule has 0 aliphatic heterocycles. The molecule has 1 N–H and O–H groups in total. The number of hydrogen-bond donors (Lipinski definition) is 1. The Morgan fingerprint density at radius 3 is 2.50 bits per heavy atom. The molecule has 152 valence electrons. The quantitative estimate of drug-likeness (QED) is 0.551. The van der Waals surface area contributed by atoms with Crippen molar-refractivity contribution in [3.05, 3.63) is 82.8 Å². The van der Waals surface area contributed by atoms with Gasteiger partial charge in [0.05, 0.1) is 30.8 Å². The Kier molecular flexibility index (Phi) is 5.18. The molecule has 0 saturated carbocycles. The number of rotatable bonds is 5. The fraction of sp³-hybridized carbons (Fsp3) is 0.217. The lowest BCUT2D eigenvalue weighted by atomic mass is 9.99. The Balaban J connectivity index is 1.56. The van der Waals surface area contributed by atoms with Crippen LogP contribution in [0.15, 0.2) is 55.0 Å². The van der Waals surface area contributed by atoms with E-state index in [1.54, 1.807) is 29.5 Å². The van der Waals surface area contributed by atoms with Crippen LogP contribution in [0.2, 0.25) is 0 Å². The fourth-order valence-electron chi connectivity index (χ4n) is 3.49. The molecule has 7 nitrogen and oxygen atoms in total. The van der Waals surface area contributed by atoms with E-state index in [0.717, 1.165) is 16.8 Å². The molecule has 7 heteroatoms. The molecule has 0 fully saturated rings. The summed E-state index contributed by atoms with van der Waals surface area (Å²) in [6.07, 6.45) is 5.06. The molecule has 0 atom stereocenters. The van der Waals surface area contributed by atoms with Crippen LogP contribution in [0, 0.1) is 20.8 Å². The molecule has 0 radical (unpaired) electrons. The van der Waals surface area contributed by atoms with Crippen LogP contribution < -0.4 is 5.32 Å². The van der Waals surface area contributed by atoms with E-state index in [1.807, 2.05) is 29.8 Å². The highest BCUT2D eigenvalue weighted by atomic mass is 16.1. The number of amides is 1. The van der Waals surface area contributed by atoms with Crippen LogP contribution in [0.1, 0.15) is 32.6 Å². The summed E-state index contributed by atoms with van der Waals surface area (Å²) < 4.78 is 1.91. The summed E-state index contributed by atoms with van der Waals surface area (Å²) in [6.45, 7) is 6.81. The lowest BCUT2D eigenvalue weighted by Gasteiger charge is -2.12. The zero-order valence-corrected chi connectivity index (χ0v) is 17.5. The summed E-state index contributed by atoms with van der Waals surface area (Å²) in [5.74, 6) is 0.300. The van der Waals surface area contributed by atoms with Crippen molar-refractivity contribution in [2.24, 2.45) is 7.05 Å². The normalized spacial score (nSPS) is 10.9. The minimum atomic E-state index is -0.206. The first kappa shape index (κ1) is 19.6. The van der Waals surface area contributed by atoms with Gasteiger partial charge >= 0.3 is 0 Å². The third kappa shape index (κ3) is 3.87. The van der Waals surface area contributed by atoms with E-state index in [2.05, 4.69) is 53.4 Å².